The number of benzene rings is 2. The van der Waals surface area contributed by atoms with Crippen LogP contribution in [0.2, 0.25) is 0 Å². The van der Waals surface area contributed by atoms with E-state index in [1.807, 2.05) is 12.1 Å². The normalized spacial score (nSPS) is 15.9. The van der Waals surface area contributed by atoms with Crippen LogP contribution in [0.1, 0.15) is 38.7 Å². The van der Waals surface area contributed by atoms with Gasteiger partial charge in [-0.05, 0) is 43.0 Å². The maximum Gasteiger partial charge on any atom is 0.149 e. The van der Waals surface area contributed by atoms with Crippen LogP contribution in [0.3, 0.4) is 0 Å². The molecule has 0 amide bonds. The largest absolute Gasteiger partial charge is 0.382 e. The Balaban J connectivity index is 1.88. The third kappa shape index (κ3) is 2.75. The van der Waals surface area contributed by atoms with Gasteiger partial charge in [-0.1, -0.05) is 50.6 Å². The number of nitrogens with zero attached hydrogens (tertiary/aromatic N) is 2. The minimum absolute atomic E-state index is 0.201. The Labute approximate surface area is 155 Å². The van der Waals surface area contributed by atoms with Gasteiger partial charge in [0.1, 0.15) is 17.7 Å². The van der Waals surface area contributed by atoms with Crippen molar-refractivity contribution in [2.24, 2.45) is 0 Å². The number of nitrogens with two attached hydrogens (primary N) is 1. The van der Waals surface area contributed by atoms with Crippen LogP contribution >= 0.6 is 0 Å². The third-order valence-electron chi connectivity index (χ3n) is 5.21. The van der Waals surface area contributed by atoms with E-state index in [4.69, 9.17) is 5.73 Å². The summed E-state index contributed by atoms with van der Waals surface area (Å²) < 4.78 is 0. The lowest BCUT2D eigenvalue weighted by molar-refractivity contribution is 0.627. The quantitative estimate of drug-likeness (QED) is 0.644. The van der Waals surface area contributed by atoms with Crippen LogP contribution in [-0.4, -0.2) is 11.1 Å². The highest BCUT2D eigenvalue weighted by Gasteiger charge is 2.33. The third-order valence-corrected chi connectivity index (χ3v) is 5.21. The first-order valence-electron chi connectivity index (χ1n) is 9.55. The predicted molar refractivity (Wildman–Crippen MR) is 111 cm³/mol. The zero-order valence-electron chi connectivity index (χ0n) is 15.5. The summed E-state index contributed by atoms with van der Waals surface area (Å²) in [5, 5.41) is 4.79. The van der Waals surface area contributed by atoms with Crippen LogP contribution in [0.25, 0.3) is 10.9 Å². The van der Waals surface area contributed by atoms with Gasteiger partial charge in [-0.3, -0.25) is 0 Å². The van der Waals surface area contributed by atoms with Gasteiger partial charge in [-0.2, -0.15) is 0 Å². The van der Waals surface area contributed by atoms with Gasteiger partial charge in [0.15, 0.2) is 0 Å². The molecule has 4 nitrogen and oxygen atoms in total. The second-order valence-electron chi connectivity index (χ2n) is 6.93. The van der Waals surface area contributed by atoms with Crippen LogP contribution < -0.4 is 16.0 Å². The molecule has 0 aliphatic carbocycles. The van der Waals surface area contributed by atoms with Gasteiger partial charge >= 0.3 is 0 Å². The van der Waals surface area contributed by atoms with E-state index >= 15 is 0 Å². The van der Waals surface area contributed by atoms with E-state index in [1.54, 1.807) is 0 Å². The molecule has 26 heavy (non-hydrogen) atoms. The molecular formula is C22H26N4. The number of hydrogen-bond donors (Lipinski definition) is 2. The highest BCUT2D eigenvalue weighted by Crippen LogP contribution is 2.47. The van der Waals surface area contributed by atoms with Gasteiger partial charge in [-0.15, -0.1) is 0 Å². The Morgan fingerprint density at radius 2 is 1.85 bits per heavy atom. The lowest BCUT2D eigenvalue weighted by atomic mass is 10.1. The summed E-state index contributed by atoms with van der Waals surface area (Å²) in [6.07, 6.45) is 4.65. The lowest BCUT2D eigenvalue weighted by Crippen LogP contribution is -2.31. The summed E-state index contributed by atoms with van der Waals surface area (Å²) in [4.78, 5) is 7.01. The molecule has 134 valence electrons. The molecule has 3 aromatic rings. The first kappa shape index (κ1) is 16.7. The molecular weight excluding hydrogens is 320 g/mol. The molecule has 1 aliphatic rings. The second kappa shape index (κ2) is 6.87. The van der Waals surface area contributed by atoms with Crippen molar-refractivity contribution in [3.05, 3.63) is 54.1 Å². The molecule has 1 unspecified atom stereocenters. The molecule has 1 atom stereocenters. The van der Waals surface area contributed by atoms with E-state index in [9.17, 15) is 0 Å². The Morgan fingerprint density at radius 3 is 2.58 bits per heavy atom. The summed E-state index contributed by atoms with van der Waals surface area (Å²) in [7, 11) is 0. The van der Waals surface area contributed by atoms with Gasteiger partial charge in [0.2, 0.25) is 0 Å². The van der Waals surface area contributed by atoms with Crippen LogP contribution in [0.4, 0.5) is 22.9 Å². The zero-order valence-corrected chi connectivity index (χ0v) is 15.5. The van der Waals surface area contributed by atoms with Crippen molar-refractivity contribution in [1.29, 1.82) is 0 Å². The SMILES string of the molecule is CCCCC1Nc2c(N)nc3ccccc3c2N1c1ccc(CC)cc1. The first-order valence-corrected chi connectivity index (χ1v) is 9.55. The summed E-state index contributed by atoms with van der Waals surface area (Å²) in [5.41, 5.74) is 11.9. The van der Waals surface area contributed by atoms with Crippen LogP contribution in [-0.2, 0) is 6.42 Å². The highest BCUT2D eigenvalue weighted by molar-refractivity contribution is 6.06. The average molecular weight is 346 g/mol. The summed E-state index contributed by atoms with van der Waals surface area (Å²) in [6.45, 7) is 4.42. The zero-order chi connectivity index (χ0) is 18.1. The Hall–Kier alpha value is -2.75. The number of nitrogen functional groups attached to an aromatic ring is 1. The van der Waals surface area contributed by atoms with Crippen molar-refractivity contribution in [2.75, 3.05) is 16.0 Å². The number of rotatable bonds is 5. The molecule has 2 heterocycles. The van der Waals surface area contributed by atoms with E-state index in [-0.39, 0.29) is 6.17 Å². The lowest BCUT2D eigenvalue weighted by Gasteiger charge is -2.28. The van der Waals surface area contributed by atoms with Crippen molar-refractivity contribution >= 4 is 33.8 Å². The van der Waals surface area contributed by atoms with Gasteiger partial charge in [0.25, 0.3) is 0 Å². The van der Waals surface area contributed by atoms with Crippen LogP contribution in [0.5, 0.6) is 0 Å². The van der Waals surface area contributed by atoms with Crippen molar-refractivity contribution in [1.82, 2.24) is 4.98 Å². The molecule has 0 fully saturated rings. The maximum absolute atomic E-state index is 6.31. The molecule has 0 saturated heterocycles. The molecule has 0 radical (unpaired) electrons. The highest BCUT2D eigenvalue weighted by atomic mass is 15.3. The molecule has 0 saturated carbocycles. The number of hydrogen-bond acceptors (Lipinski definition) is 4. The van der Waals surface area contributed by atoms with Crippen molar-refractivity contribution in [3.63, 3.8) is 0 Å². The molecule has 1 aliphatic heterocycles. The number of fused-ring (bicyclic) bond motifs is 3. The van der Waals surface area contributed by atoms with Gasteiger partial charge in [0, 0.05) is 11.1 Å². The van der Waals surface area contributed by atoms with Crippen molar-refractivity contribution in [2.45, 2.75) is 45.7 Å². The molecule has 4 rings (SSSR count). The van der Waals surface area contributed by atoms with Crippen molar-refractivity contribution < 1.29 is 0 Å². The Morgan fingerprint density at radius 1 is 1.08 bits per heavy atom. The molecule has 2 aromatic carbocycles. The van der Waals surface area contributed by atoms with Crippen LogP contribution in [0, 0.1) is 0 Å². The van der Waals surface area contributed by atoms with E-state index in [0.717, 1.165) is 35.1 Å². The standard InChI is InChI=1S/C22H26N4/c1-3-5-10-19-25-20-21(17-8-6-7-9-18(17)24-22(20)23)26(19)16-13-11-15(4-2)12-14-16/h6-9,11-14,19,25H,3-5,10H2,1-2H3,(H2,23,24). The molecule has 4 heteroatoms. The smallest absolute Gasteiger partial charge is 0.149 e. The number of anilines is 4. The number of aromatic nitrogens is 1. The van der Waals surface area contributed by atoms with E-state index < -0.39 is 0 Å². The number of unbranched alkanes of at least 4 members (excludes halogenated alkanes) is 1. The summed E-state index contributed by atoms with van der Waals surface area (Å²) in [6, 6.07) is 17.1. The van der Waals surface area contributed by atoms with E-state index in [1.165, 1.54) is 24.1 Å². The van der Waals surface area contributed by atoms with Crippen molar-refractivity contribution in [3.8, 4) is 0 Å². The Bertz CT molecular complexity index is 917. The van der Waals surface area contributed by atoms with E-state index in [0.29, 0.717) is 5.82 Å². The average Bonchev–Trinajstić information content (AvgIpc) is 3.07. The van der Waals surface area contributed by atoms with Gasteiger partial charge in [0.05, 0.1) is 11.2 Å². The molecule has 0 spiro atoms. The second-order valence-corrected chi connectivity index (χ2v) is 6.93. The fourth-order valence-corrected chi connectivity index (χ4v) is 3.79. The summed E-state index contributed by atoms with van der Waals surface area (Å²) in [5.74, 6) is 0.577. The molecule has 1 aromatic heterocycles. The fourth-order valence-electron chi connectivity index (χ4n) is 3.79. The minimum atomic E-state index is 0.201. The molecule has 0 bridgehead atoms. The number of aryl methyl sites for hydroxylation is 1. The van der Waals surface area contributed by atoms with E-state index in [2.05, 4.69) is 65.4 Å². The predicted octanol–water partition coefficient (Wildman–Crippen LogP) is 5.46. The van der Waals surface area contributed by atoms with Gasteiger partial charge < -0.3 is 16.0 Å². The monoisotopic (exact) mass is 346 g/mol. The van der Waals surface area contributed by atoms with Crippen LogP contribution in [0.15, 0.2) is 48.5 Å². The summed E-state index contributed by atoms with van der Waals surface area (Å²) >= 11 is 0. The number of nitrogens with one attached hydrogen (secondary N) is 1. The topological polar surface area (TPSA) is 54.2 Å². The van der Waals surface area contributed by atoms with Gasteiger partial charge in [-0.25, -0.2) is 4.98 Å². The maximum atomic E-state index is 6.31. The number of para-hydroxylation sites is 1. The number of pyridine rings is 1. The first-order chi connectivity index (χ1) is 12.7. The fraction of sp³-hybridized carbons (Fsp3) is 0.318. The minimum Gasteiger partial charge on any atom is -0.382 e. The Kier molecular flexibility index (Phi) is 4.41. The molecule has 3 N–H and O–H groups in total.